The Hall–Kier alpha value is -1.06. The number of carbonyl (C=O) groups excluding carboxylic acids is 1. The quantitative estimate of drug-likeness (QED) is 0.849. The van der Waals surface area contributed by atoms with E-state index >= 15 is 0 Å². The van der Waals surface area contributed by atoms with Gasteiger partial charge in [-0.15, -0.1) is 0 Å². The Balaban J connectivity index is 1.55. The molecule has 1 amide bonds. The van der Waals surface area contributed by atoms with Crippen molar-refractivity contribution >= 4 is 17.5 Å². The molecule has 0 bridgehead atoms. The molecule has 0 aromatic heterocycles. The fraction of sp³-hybridized carbons (Fsp3) is 0.611. The summed E-state index contributed by atoms with van der Waals surface area (Å²) in [5, 5.41) is 0.837. The lowest BCUT2D eigenvalue weighted by atomic mass is 10.0. The molecule has 1 atom stereocenters. The molecule has 0 saturated carbocycles. The molecule has 2 aliphatic rings. The highest BCUT2D eigenvalue weighted by atomic mass is 35.5. The highest BCUT2D eigenvalue weighted by molar-refractivity contribution is 6.31. The summed E-state index contributed by atoms with van der Waals surface area (Å²) >= 11 is 6.09. The van der Waals surface area contributed by atoms with E-state index in [9.17, 15) is 4.79 Å². The van der Waals surface area contributed by atoms with Crippen LogP contribution in [0.15, 0.2) is 18.2 Å². The van der Waals surface area contributed by atoms with Gasteiger partial charge in [0.15, 0.2) is 0 Å². The summed E-state index contributed by atoms with van der Waals surface area (Å²) < 4.78 is 0. The van der Waals surface area contributed by atoms with E-state index in [2.05, 4.69) is 35.8 Å². The molecule has 4 heteroatoms. The van der Waals surface area contributed by atoms with Crippen molar-refractivity contribution in [2.45, 2.75) is 58.2 Å². The molecule has 0 spiro atoms. The van der Waals surface area contributed by atoms with Crippen molar-refractivity contribution in [1.82, 2.24) is 9.80 Å². The Labute approximate surface area is 138 Å². The maximum Gasteiger partial charge on any atom is 0.223 e. The van der Waals surface area contributed by atoms with Gasteiger partial charge in [-0.2, -0.15) is 0 Å². The highest BCUT2D eigenvalue weighted by Crippen LogP contribution is 2.27. The number of halogens is 1. The van der Waals surface area contributed by atoms with Crippen molar-refractivity contribution in [2.24, 2.45) is 0 Å². The molecule has 3 rings (SSSR count). The van der Waals surface area contributed by atoms with Crippen LogP contribution in [0.25, 0.3) is 0 Å². The van der Waals surface area contributed by atoms with Gasteiger partial charge < -0.3 is 4.90 Å². The number of aryl methyl sites for hydroxylation is 1. The van der Waals surface area contributed by atoms with Crippen molar-refractivity contribution in [3.8, 4) is 0 Å². The fourth-order valence-corrected chi connectivity index (χ4v) is 3.95. The molecule has 0 radical (unpaired) electrons. The Morgan fingerprint density at radius 3 is 2.55 bits per heavy atom. The standard InChI is InChI=1S/C18H25ClN2O/c1-13-11-15(4-5-17(13)19)12-20-9-7-16(8-10-20)21-14(2)3-6-18(21)22/h4-5,11,14,16H,3,6-10,12H2,1-2H3. The third-order valence-electron chi connectivity index (χ3n) is 5.12. The molecule has 2 heterocycles. The summed E-state index contributed by atoms with van der Waals surface area (Å²) in [5.41, 5.74) is 2.47. The molecule has 2 saturated heterocycles. The predicted octanol–water partition coefficient (Wildman–Crippen LogP) is 3.62. The maximum atomic E-state index is 12.0. The average Bonchev–Trinajstić information content (AvgIpc) is 2.83. The van der Waals surface area contributed by atoms with Gasteiger partial charge in [-0.1, -0.05) is 23.7 Å². The molecule has 3 nitrogen and oxygen atoms in total. The SMILES string of the molecule is Cc1cc(CN2CCC(N3C(=O)CCC3C)CC2)ccc1Cl. The van der Waals surface area contributed by atoms with Crippen LogP contribution in [0.5, 0.6) is 0 Å². The average molecular weight is 321 g/mol. The van der Waals surface area contributed by atoms with Gasteiger partial charge in [-0.25, -0.2) is 0 Å². The summed E-state index contributed by atoms with van der Waals surface area (Å²) in [5.74, 6) is 0.360. The zero-order valence-electron chi connectivity index (χ0n) is 13.5. The van der Waals surface area contributed by atoms with Gasteiger partial charge in [-0.3, -0.25) is 9.69 Å². The van der Waals surface area contributed by atoms with Crippen molar-refractivity contribution in [3.63, 3.8) is 0 Å². The Morgan fingerprint density at radius 1 is 1.23 bits per heavy atom. The number of hydrogen-bond acceptors (Lipinski definition) is 2. The number of piperidine rings is 1. The lowest BCUT2D eigenvalue weighted by molar-refractivity contribution is -0.132. The van der Waals surface area contributed by atoms with E-state index in [0.717, 1.165) is 55.9 Å². The van der Waals surface area contributed by atoms with E-state index in [4.69, 9.17) is 11.6 Å². The first-order valence-electron chi connectivity index (χ1n) is 8.33. The van der Waals surface area contributed by atoms with Crippen LogP contribution in [-0.4, -0.2) is 40.9 Å². The van der Waals surface area contributed by atoms with Gasteiger partial charge in [0.2, 0.25) is 5.91 Å². The molecule has 1 aromatic rings. The lowest BCUT2D eigenvalue weighted by Crippen LogP contribution is -2.47. The van der Waals surface area contributed by atoms with E-state index in [1.807, 2.05) is 6.07 Å². The monoisotopic (exact) mass is 320 g/mol. The molecule has 2 fully saturated rings. The minimum absolute atomic E-state index is 0.360. The topological polar surface area (TPSA) is 23.6 Å². The summed E-state index contributed by atoms with van der Waals surface area (Å²) in [6, 6.07) is 7.17. The van der Waals surface area contributed by atoms with Crippen molar-refractivity contribution in [3.05, 3.63) is 34.3 Å². The molecule has 0 aliphatic carbocycles. The second kappa shape index (κ2) is 6.59. The highest BCUT2D eigenvalue weighted by Gasteiger charge is 2.35. The number of carbonyl (C=O) groups is 1. The van der Waals surface area contributed by atoms with Crippen LogP contribution in [0, 0.1) is 6.92 Å². The minimum Gasteiger partial charge on any atom is -0.337 e. The zero-order valence-corrected chi connectivity index (χ0v) is 14.3. The molecule has 1 unspecified atom stereocenters. The predicted molar refractivity (Wildman–Crippen MR) is 90.0 cm³/mol. The van der Waals surface area contributed by atoms with Crippen molar-refractivity contribution in [2.75, 3.05) is 13.1 Å². The van der Waals surface area contributed by atoms with Crippen LogP contribution >= 0.6 is 11.6 Å². The van der Waals surface area contributed by atoms with Crippen LogP contribution in [0.4, 0.5) is 0 Å². The first-order chi connectivity index (χ1) is 10.5. The van der Waals surface area contributed by atoms with Gasteiger partial charge >= 0.3 is 0 Å². The van der Waals surface area contributed by atoms with Crippen LogP contribution < -0.4 is 0 Å². The Bertz CT molecular complexity index is 552. The zero-order chi connectivity index (χ0) is 15.7. The maximum absolute atomic E-state index is 12.0. The van der Waals surface area contributed by atoms with Gasteiger partial charge in [-0.05, 0) is 50.3 Å². The van der Waals surface area contributed by atoms with E-state index < -0.39 is 0 Å². The largest absolute Gasteiger partial charge is 0.337 e. The molecule has 1 aromatic carbocycles. The second-order valence-corrected chi connectivity index (χ2v) is 7.19. The van der Waals surface area contributed by atoms with Crippen LogP contribution in [0.3, 0.4) is 0 Å². The summed E-state index contributed by atoms with van der Waals surface area (Å²) in [6.07, 6.45) is 3.97. The number of rotatable bonds is 3. The fourth-order valence-electron chi connectivity index (χ4n) is 3.83. The lowest BCUT2D eigenvalue weighted by Gasteiger charge is -2.38. The van der Waals surface area contributed by atoms with Crippen molar-refractivity contribution in [1.29, 1.82) is 0 Å². The Morgan fingerprint density at radius 2 is 1.95 bits per heavy atom. The number of hydrogen-bond donors (Lipinski definition) is 0. The first kappa shape index (κ1) is 15.8. The van der Waals surface area contributed by atoms with E-state index in [0.29, 0.717) is 18.0 Å². The second-order valence-electron chi connectivity index (χ2n) is 6.78. The van der Waals surface area contributed by atoms with Gasteiger partial charge in [0.1, 0.15) is 0 Å². The smallest absolute Gasteiger partial charge is 0.223 e. The Kier molecular flexibility index (Phi) is 4.74. The van der Waals surface area contributed by atoms with E-state index in [1.54, 1.807) is 0 Å². The van der Waals surface area contributed by atoms with Crippen molar-refractivity contribution < 1.29 is 4.79 Å². The summed E-state index contributed by atoms with van der Waals surface area (Å²) in [6.45, 7) is 7.37. The van der Waals surface area contributed by atoms with Gasteiger partial charge in [0.25, 0.3) is 0 Å². The molecule has 2 aliphatic heterocycles. The van der Waals surface area contributed by atoms with Crippen LogP contribution in [-0.2, 0) is 11.3 Å². The number of nitrogens with zero attached hydrogens (tertiary/aromatic N) is 2. The van der Waals surface area contributed by atoms with Crippen LogP contribution in [0.2, 0.25) is 5.02 Å². The van der Waals surface area contributed by atoms with E-state index in [-0.39, 0.29) is 0 Å². The number of amides is 1. The van der Waals surface area contributed by atoms with Crippen LogP contribution in [0.1, 0.15) is 43.7 Å². The molecule has 0 N–H and O–H groups in total. The van der Waals surface area contributed by atoms with Gasteiger partial charge in [0.05, 0.1) is 0 Å². The number of benzene rings is 1. The number of likely N-dealkylation sites (tertiary alicyclic amines) is 2. The first-order valence-corrected chi connectivity index (χ1v) is 8.71. The third kappa shape index (κ3) is 3.31. The molecule has 120 valence electrons. The third-order valence-corrected chi connectivity index (χ3v) is 5.54. The molecular weight excluding hydrogens is 296 g/mol. The summed E-state index contributed by atoms with van der Waals surface area (Å²) in [7, 11) is 0. The molecular formula is C18H25ClN2O. The minimum atomic E-state index is 0.360. The summed E-state index contributed by atoms with van der Waals surface area (Å²) in [4.78, 5) is 16.7. The van der Waals surface area contributed by atoms with E-state index in [1.165, 1.54) is 5.56 Å². The normalized spacial score (nSPS) is 24.2. The molecule has 22 heavy (non-hydrogen) atoms. The van der Waals surface area contributed by atoms with Gasteiger partial charge in [0, 0.05) is 43.2 Å².